The van der Waals surface area contributed by atoms with E-state index >= 15 is 0 Å². The van der Waals surface area contributed by atoms with Gasteiger partial charge in [0.05, 0.1) is 11.5 Å². The molecule has 0 aliphatic carbocycles. The van der Waals surface area contributed by atoms with Crippen molar-refractivity contribution < 1.29 is 24.7 Å². The number of benzene rings is 2. The van der Waals surface area contributed by atoms with Crippen LogP contribution in [0.5, 0.6) is 11.5 Å². The molecule has 2 atom stereocenters. The van der Waals surface area contributed by atoms with E-state index in [1.54, 1.807) is 0 Å². The Morgan fingerprint density at radius 1 is 1.20 bits per heavy atom. The van der Waals surface area contributed by atoms with Gasteiger partial charge in [-0.3, -0.25) is 14.9 Å². The zero-order valence-corrected chi connectivity index (χ0v) is 16.1. The minimum atomic E-state index is -0.528. The Balaban J connectivity index is 1.95. The summed E-state index contributed by atoms with van der Waals surface area (Å²) in [6.45, 7) is 0.541. The van der Waals surface area contributed by atoms with Gasteiger partial charge in [-0.2, -0.15) is 0 Å². The van der Waals surface area contributed by atoms with Crippen LogP contribution < -0.4 is 5.43 Å². The van der Waals surface area contributed by atoms with Crippen LogP contribution in [0, 0.1) is 10.1 Å². The molecule has 1 aliphatic heterocycles. The Morgan fingerprint density at radius 2 is 1.90 bits per heavy atom. The molecule has 1 fully saturated rings. The Bertz CT molecular complexity index is 1190. The fraction of sp³-hybridized carbons (Fsp3) is 0.286. The average Bonchev–Trinajstić information content (AvgIpc) is 3.07. The van der Waals surface area contributed by atoms with E-state index in [2.05, 4.69) is 0 Å². The van der Waals surface area contributed by atoms with E-state index in [9.17, 15) is 30.2 Å². The minimum absolute atomic E-state index is 0.0482. The van der Waals surface area contributed by atoms with E-state index < -0.39 is 16.1 Å². The highest BCUT2D eigenvalue weighted by Gasteiger charge is 2.36. The number of likely N-dealkylation sites (tertiary alicyclic amines) is 1. The lowest BCUT2D eigenvalue weighted by molar-refractivity contribution is -0.384. The molecule has 0 radical (unpaired) electrons. The zero-order valence-electron chi connectivity index (χ0n) is 16.1. The zero-order chi connectivity index (χ0) is 21.6. The number of non-ortho nitro benzene ring substituents is 1. The first-order valence-electron chi connectivity index (χ1n) is 9.40. The largest absolute Gasteiger partial charge is 0.507 e. The van der Waals surface area contributed by atoms with Crippen molar-refractivity contribution in [3.05, 3.63) is 62.3 Å². The van der Waals surface area contributed by atoms with Gasteiger partial charge in [-0.1, -0.05) is 0 Å². The van der Waals surface area contributed by atoms with Gasteiger partial charge in [0.2, 0.25) is 0 Å². The number of fused-ring (bicyclic) bond motifs is 1. The van der Waals surface area contributed by atoms with E-state index in [4.69, 9.17) is 4.42 Å². The Labute approximate surface area is 170 Å². The number of aliphatic hydroxyl groups is 1. The van der Waals surface area contributed by atoms with Crippen molar-refractivity contribution in [2.45, 2.75) is 18.4 Å². The molecule has 9 nitrogen and oxygen atoms in total. The van der Waals surface area contributed by atoms with Gasteiger partial charge in [0.25, 0.3) is 5.69 Å². The van der Waals surface area contributed by atoms with E-state index in [-0.39, 0.29) is 46.7 Å². The van der Waals surface area contributed by atoms with Crippen LogP contribution in [0.15, 0.2) is 45.6 Å². The monoisotopic (exact) mass is 412 g/mol. The number of aliphatic hydroxyl groups excluding tert-OH is 1. The number of phenolic OH excluding ortho intramolecular Hbond substituents is 2. The lowest BCUT2D eigenvalue weighted by Crippen LogP contribution is -2.32. The number of nitro benzene ring substituents is 1. The molecule has 1 aromatic heterocycles. The highest BCUT2D eigenvalue weighted by atomic mass is 16.6. The van der Waals surface area contributed by atoms with Crippen LogP contribution >= 0.6 is 0 Å². The SMILES string of the molecule is CN1CCC(c2c(O)cc(O)c3c(=O)cc(-c4ccc([N+](=O)[O-])cc4)oc23)[C@H]1CO. The van der Waals surface area contributed by atoms with Gasteiger partial charge in [0.1, 0.15) is 28.2 Å². The van der Waals surface area contributed by atoms with Crippen molar-refractivity contribution >= 4 is 16.7 Å². The van der Waals surface area contributed by atoms with E-state index in [0.717, 1.165) is 6.07 Å². The van der Waals surface area contributed by atoms with Gasteiger partial charge in [-0.25, -0.2) is 0 Å². The second-order valence-electron chi connectivity index (χ2n) is 7.44. The van der Waals surface area contributed by atoms with Crippen molar-refractivity contribution in [3.8, 4) is 22.8 Å². The molecular formula is C21H20N2O7. The van der Waals surface area contributed by atoms with E-state index in [0.29, 0.717) is 24.1 Å². The lowest BCUT2D eigenvalue weighted by Gasteiger charge is -2.24. The number of hydrogen-bond donors (Lipinski definition) is 3. The van der Waals surface area contributed by atoms with Crippen LogP contribution in [0.2, 0.25) is 0 Å². The molecule has 0 amide bonds. The summed E-state index contributed by atoms with van der Waals surface area (Å²) in [5.74, 6) is -0.774. The normalized spacial score (nSPS) is 19.4. The highest BCUT2D eigenvalue weighted by Crippen LogP contribution is 2.44. The van der Waals surface area contributed by atoms with Gasteiger partial charge < -0.3 is 24.6 Å². The maximum absolute atomic E-state index is 12.8. The van der Waals surface area contributed by atoms with Crippen molar-refractivity contribution in [2.75, 3.05) is 20.2 Å². The standard InChI is InChI=1S/C21H20N2O7/c1-22-7-6-13(14(22)10-24)19-15(25)8-16(26)20-17(27)9-18(30-21(19)20)11-2-4-12(5-3-11)23(28)29/h2-5,8-9,13-14,24-26H,6-7,10H2,1H3/t13?,14-/m1/s1. The fourth-order valence-electron chi connectivity index (χ4n) is 4.18. The third kappa shape index (κ3) is 3.17. The van der Waals surface area contributed by atoms with Crippen molar-refractivity contribution in [3.63, 3.8) is 0 Å². The Hall–Kier alpha value is -3.43. The van der Waals surface area contributed by atoms with Gasteiger partial charge in [0.15, 0.2) is 5.43 Å². The first-order chi connectivity index (χ1) is 14.3. The summed E-state index contributed by atoms with van der Waals surface area (Å²) in [6, 6.07) is 7.56. The van der Waals surface area contributed by atoms with Gasteiger partial charge in [-0.05, 0) is 32.1 Å². The van der Waals surface area contributed by atoms with Gasteiger partial charge in [-0.15, -0.1) is 0 Å². The molecule has 9 heteroatoms. The molecule has 156 valence electrons. The molecule has 3 aromatic rings. The van der Waals surface area contributed by atoms with Crippen LogP contribution in [0.25, 0.3) is 22.3 Å². The van der Waals surface area contributed by atoms with Crippen LogP contribution in [0.4, 0.5) is 5.69 Å². The van der Waals surface area contributed by atoms with Gasteiger partial charge >= 0.3 is 0 Å². The van der Waals surface area contributed by atoms with Gasteiger partial charge in [0, 0.05) is 47.4 Å². The summed E-state index contributed by atoms with van der Waals surface area (Å²) >= 11 is 0. The predicted molar refractivity (Wildman–Crippen MR) is 109 cm³/mol. The molecule has 1 aliphatic rings. The number of nitro groups is 1. The van der Waals surface area contributed by atoms with E-state index in [1.807, 2.05) is 11.9 Å². The molecule has 3 N–H and O–H groups in total. The second kappa shape index (κ2) is 7.43. The molecule has 0 bridgehead atoms. The average molecular weight is 412 g/mol. The molecule has 1 saturated heterocycles. The van der Waals surface area contributed by atoms with Crippen LogP contribution in [-0.4, -0.2) is 51.4 Å². The third-order valence-electron chi connectivity index (χ3n) is 5.74. The predicted octanol–water partition coefficient (Wildman–Crippen LogP) is 2.56. The Morgan fingerprint density at radius 3 is 2.53 bits per heavy atom. The molecule has 0 saturated carbocycles. The summed E-state index contributed by atoms with van der Waals surface area (Å²) in [4.78, 5) is 25.1. The Kier molecular flexibility index (Phi) is 4.92. The number of likely N-dealkylation sites (N-methyl/N-ethyl adjacent to an activating group) is 1. The van der Waals surface area contributed by atoms with E-state index in [1.165, 1.54) is 30.3 Å². The number of aromatic hydroxyl groups is 2. The van der Waals surface area contributed by atoms with Crippen molar-refractivity contribution in [1.82, 2.24) is 4.90 Å². The number of nitrogens with zero attached hydrogens (tertiary/aromatic N) is 2. The third-order valence-corrected chi connectivity index (χ3v) is 5.74. The minimum Gasteiger partial charge on any atom is -0.507 e. The van der Waals surface area contributed by atoms with Crippen LogP contribution in [0.1, 0.15) is 17.9 Å². The maximum Gasteiger partial charge on any atom is 0.269 e. The second-order valence-corrected chi connectivity index (χ2v) is 7.44. The quantitative estimate of drug-likeness (QED) is 0.439. The molecule has 2 aromatic carbocycles. The van der Waals surface area contributed by atoms with Crippen LogP contribution in [-0.2, 0) is 0 Å². The molecule has 4 rings (SSSR count). The molecule has 30 heavy (non-hydrogen) atoms. The maximum atomic E-state index is 12.8. The summed E-state index contributed by atoms with van der Waals surface area (Å²) in [5.41, 5.74) is 0.239. The molecule has 2 heterocycles. The summed E-state index contributed by atoms with van der Waals surface area (Å²) in [7, 11) is 1.86. The number of phenols is 2. The molecule has 1 unspecified atom stereocenters. The number of rotatable bonds is 4. The highest BCUT2D eigenvalue weighted by molar-refractivity contribution is 5.89. The first kappa shape index (κ1) is 19.9. The van der Waals surface area contributed by atoms with Crippen molar-refractivity contribution in [2.24, 2.45) is 0 Å². The lowest BCUT2D eigenvalue weighted by atomic mass is 9.89. The van der Waals surface area contributed by atoms with Crippen molar-refractivity contribution in [1.29, 1.82) is 0 Å². The summed E-state index contributed by atoms with van der Waals surface area (Å²) in [5, 5.41) is 41.5. The van der Waals surface area contributed by atoms with Crippen LogP contribution in [0.3, 0.4) is 0 Å². The topological polar surface area (TPSA) is 137 Å². The first-order valence-corrected chi connectivity index (χ1v) is 9.40. The number of hydrogen-bond acceptors (Lipinski definition) is 8. The molecule has 0 spiro atoms. The molecular weight excluding hydrogens is 392 g/mol. The fourth-order valence-corrected chi connectivity index (χ4v) is 4.18. The summed E-state index contributed by atoms with van der Waals surface area (Å²) < 4.78 is 5.97. The summed E-state index contributed by atoms with van der Waals surface area (Å²) in [6.07, 6.45) is 0.626. The smallest absolute Gasteiger partial charge is 0.269 e.